The van der Waals surface area contributed by atoms with Crippen LogP contribution in [-0.4, -0.2) is 25.5 Å². The summed E-state index contributed by atoms with van der Waals surface area (Å²) in [5, 5.41) is 9.15. The van der Waals surface area contributed by atoms with Crippen LogP contribution in [0.2, 0.25) is 5.02 Å². The fraction of sp³-hybridized carbons (Fsp3) is 0.500. The van der Waals surface area contributed by atoms with E-state index in [1.54, 1.807) is 26.0 Å². The van der Waals surface area contributed by atoms with E-state index in [4.69, 9.17) is 16.7 Å². The third kappa shape index (κ3) is 6.03. The molecule has 0 heterocycles. The van der Waals surface area contributed by atoms with Crippen molar-refractivity contribution in [2.45, 2.75) is 44.0 Å². The molecule has 0 aliphatic carbocycles. The van der Waals surface area contributed by atoms with E-state index in [0.29, 0.717) is 24.3 Å². The number of benzene rings is 1. The van der Waals surface area contributed by atoms with Crippen molar-refractivity contribution in [3.05, 3.63) is 29.3 Å². The molecule has 0 saturated heterocycles. The van der Waals surface area contributed by atoms with Crippen LogP contribution in [0.15, 0.2) is 29.2 Å². The summed E-state index contributed by atoms with van der Waals surface area (Å²) in [6.07, 6.45) is 1.75. The van der Waals surface area contributed by atoms with E-state index in [0.717, 1.165) is 0 Å². The van der Waals surface area contributed by atoms with E-state index in [2.05, 4.69) is 4.72 Å². The number of aliphatic carboxylic acids is 1. The lowest BCUT2D eigenvalue weighted by Crippen LogP contribution is -2.32. The molecule has 2 N–H and O–H groups in total. The first kappa shape index (κ1) is 17.9. The maximum atomic E-state index is 12.1. The number of carbonyl (C=O) groups is 1. The van der Waals surface area contributed by atoms with Gasteiger partial charge in [-0.25, -0.2) is 13.1 Å². The van der Waals surface area contributed by atoms with Crippen molar-refractivity contribution in [1.82, 2.24) is 4.72 Å². The van der Waals surface area contributed by atoms with Crippen LogP contribution in [0.1, 0.15) is 33.1 Å². The van der Waals surface area contributed by atoms with Gasteiger partial charge in [0.05, 0.1) is 10.8 Å². The van der Waals surface area contributed by atoms with Crippen molar-refractivity contribution >= 4 is 27.6 Å². The molecular formula is C14H20ClNO4S. The maximum Gasteiger partial charge on any atom is 0.306 e. The van der Waals surface area contributed by atoms with E-state index >= 15 is 0 Å². The molecule has 0 fully saturated rings. The Morgan fingerprint density at radius 1 is 1.33 bits per heavy atom. The van der Waals surface area contributed by atoms with Crippen molar-refractivity contribution in [3.8, 4) is 0 Å². The Balaban J connectivity index is 2.54. The van der Waals surface area contributed by atoms with Gasteiger partial charge in [0.15, 0.2) is 0 Å². The monoisotopic (exact) mass is 333 g/mol. The summed E-state index contributed by atoms with van der Waals surface area (Å²) in [5.41, 5.74) is 0. The number of nitrogens with one attached hydrogen (secondary N) is 1. The predicted molar refractivity (Wildman–Crippen MR) is 81.9 cm³/mol. The first-order chi connectivity index (χ1) is 9.72. The summed E-state index contributed by atoms with van der Waals surface area (Å²) >= 11 is 5.79. The molecule has 0 spiro atoms. The SMILES string of the molecule is CC(CCCC(C)C(=O)O)NS(=O)(=O)c1cccc(Cl)c1. The lowest BCUT2D eigenvalue weighted by molar-refractivity contribution is -0.141. The van der Waals surface area contributed by atoms with E-state index in [-0.39, 0.29) is 10.9 Å². The van der Waals surface area contributed by atoms with Crippen molar-refractivity contribution in [3.63, 3.8) is 0 Å². The zero-order chi connectivity index (χ0) is 16.0. The van der Waals surface area contributed by atoms with Crippen LogP contribution in [0.25, 0.3) is 0 Å². The van der Waals surface area contributed by atoms with Gasteiger partial charge in [-0.2, -0.15) is 0 Å². The van der Waals surface area contributed by atoms with Crippen molar-refractivity contribution < 1.29 is 18.3 Å². The fourth-order valence-electron chi connectivity index (χ4n) is 1.88. The minimum absolute atomic E-state index is 0.126. The highest BCUT2D eigenvalue weighted by atomic mass is 35.5. The number of carboxylic acid groups (broad SMARTS) is 1. The minimum Gasteiger partial charge on any atom is -0.481 e. The van der Waals surface area contributed by atoms with Crippen LogP contribution in [0.4, 0.5) is 0 Å². The highest BCUT2D eigenvalue weighted by molar-refractivity contribution is 7.89. The number of hydrogen-bond acceptors (Lipinski definition) is 3. The van der Waals surface area contributed by atoms with E-state index in [1.807, 2.05) is 0 Å². The molecule has 1 aromatic carbocycles. The topological polar surface area (TPSA) is 83.5 Å². The number of carboxylic acids is 1. The maximum absolute atomic E-state index is 12.1. The van der Waals surface area contributed by atoms with Crippen LogP contribution in [0.3, 0.4) is 0 Å². The molecule has 1 rings (SSSR count). The van der Waals surface area contributed by atoms with Gasteiger partial charge < -0.3 is 5.11 Å². The molecule has 1 aromatic rings. The second-order valence-corrected chi connectivity index (χ2v) is 7.30. The van der Waals surface area contributed by atoms with Gasteiger partial charge >= 0.3 is 5.97 Å². The van der Waals surface area contributed by atoms with Crippen molar-refractivity contribution in [2.75, 3.05) is 0 Å². The van der Waals surface area contributed by atoms with Gasteiger partial charge in [-0.05, 0) is 38.0 Å². The zero-order valence-electron chi connectivity index (χ0n) is 12.0. The van der Waals surface area contributed by atoms with E-state index in [1.165, 1.54) is 12.1 Å². The molecule has 2 atom stereocenters. The largest absolute Gasteiger partial charge is 0.481 e. The Labute approximate surface area is 130 Å². The van der Waals surface area contributed by atoms with Gasteiger partial charge in [-0.15, -0.1) is 0 Å². The average molecular weight is 334 g/mol. The number of hydrogen-bond donors (Lipinski definition) is 2. The second-order valence-electron chi connectivity index (χ2n) is 5.15. The fourth-order valence-corrected chi connectivity index (χ4v) is 3.46. The number of sulfonamides is 1. The Hall–Kier alpha value is -1.11. The molecule has 0 radical (unpaired) electrons. The molecule has 118 valence electrons. The van der Waals surface area contributed by atoms with Crippen LogP contribution in [0, 0.1) is 5.92 Å². The molecule has 0 aromatic heterocycles. The zero-order valence-corrected chi connectivity index (χ0v) is 13.6. The van der Waals surface area contributed by atoms with Gasteiger partial charge in [0.2, 0.25) is 10.0 Å². The molecule has 0 aliphatic rings. The molecule has 0 aliphatic heterocycles. The van der Waals surface area contributed by atoms with E-state index < -0.39 is 21.9 Å². The predicted octanol–water partition coefficient (Wildman–Crippen LogP) is 2.90. The van der Waals surface area contributed by atoms with Gasteiger partial charge in [0.25, 0.3) is 0 Å². The summed E-state index contributed by atoms with van der Waals surface area (Å²) in [5.74, 6) is -1.25. The minimum atomic E-state index is -3.60. The third-order valence-electron chi connectivity index (χ3n) is 3.16. The smallest absolute Gasteiger partial charge is 0.306 e. The third-order valence-corrected chi connectivity index (χ3v) is 4.98. The van der Waals surface area contributed by atoms with Gasteiger partial charge in [0, 0.05) is 11.1 Å². The molecule has 0 amide bonds. The van der Waals surface area contributed by atoms with Crippen LogP contribution >= 0.6 is 11.6 Å². The summed E-state index contributed by atoms with van der Waals surface area (Å²) in [6.45, 7) is 3.40. The van der Waals surface area contributed by atoms with Crippen molar-refractivity contribution in [1.29, 1.82) is 0 Å². The van der Waals surface area contributed by atoms with Crippen LogP contribution < -0.4 is 4.72 Å². The average Bonchev–Trinajstić information content (AvgIpc) is 2.37. The standard InChI is InChI=1S/C14H20ClNO4S/c1-10(14(17)18)5-3-6-11(2)16-21(19,20)13-8-4-7-12(15)9-13/h4,7-11,16H,3,5-6H2,1-2H3,(H,17,18). The van der Waals surface area contributed by atoms with E-state index in [9.17, 15) is 13.2 Å². The molecule has 21 heavy (non-hydrogen) atoms. The lowest BCUT2D eigenvalue weighted by Gasteiger charge is -2.15. The van der Waals surface area contributed by atoms with Crippen LogP contribution in [-0.2, 0) is 14.8 Å². The highest BCUT2D eigenvalue weighted by Crippen LogP contribution is 2.16. The Morgan fingerprint density at radius 3 is 2.57 bits per heavy atom. The first-order valence-corrected chi connectivity index (χ1v) is 8.59. The molecule has 7 heteroatoms. The Morgan fingerprint density at radius 2 is 2.00 bits per heavy atom. The summed E-state index contributed by atoms with van der Waals surface area (Å²) in [6, 6.07) is 5.79. The Kier molecular flexibility index (Phi) is 6.64. The van der Waals surface area contributed by atoms with Crippen LogP contribution in [0.5, 0.6) is 0 Å². The summed E-state index contributed by atoms with van der Waals surface area (Å²) in [4.78, 5) is 10.8. The first-order valence-electron chi connectivity index (χ1n) is 6.73. The molecule has 5 nitrogen and oxygen atoms in total. The summed E-state index contributed by atoms with van der Waals surface area (Å²) < 4.78 is 26.8. The lowest BCUT2D eigenvalue weighted by atomic mass is 10.0. The Bertz CT molecular complexity index is 588. The van der Waals surface area contributed by atoms with Gasteiger partial charge in [-0.3, -0.25) is 4.79 Å². The molecule has 0 bridgehead atoms. The summed E-state index contributed by atoms with van der Waals surface area (Å²) in [7, 11) is -3.60. The normalized spacial score (nSPS) is 14.6. The van der Waals surface area contributed by atoms with Gasteiger partial charge in [0.1, 0.15) is 0 Å². The second kappa shape index (κ2) is 7.77. The molecule has 0 saturated carbocycles. The quantitative estimate of drug-likeness (QED) is 0.766. The number of rotatable bonds is 8. The van der Waals surface area contributed by atoms with Gasteiger partial charge in [-0.1, -0.05) is 31.0 Å². The molecular weight excluding hydrogens is 314 g/mol. The molecule has 2 unspecified atom stereocenters. The number of halogens is 1. The van der Waals surface area contributed by atoms with Crippen molar-refractivity contribution in [2.24, 2.45) is 5.92 Å². The highest BCUT2D eigenvalue weighted by Gasteiger charge is 2.18.